The van der Waals surface area contributed by atoms with Crippen molar-refractivity contribution >= 4 is 0 Å². The number of rotatable bonds is 19. The maximum Gasteiger partial charge on any atom is 0.0714 e. The van der Waals surface area contributed by atoms with Gasteiger partial charge in [0.15, 0.2) is 0 Å². The Morgan fingerprint density at radius 3 is 2.11 bits per heavy atom. The van der Waals surface area contributed by atoms with Crippen LogP contribution in [0.1, 0.15) is 124 Å². The van der Waals surface area contributed by atoms with E-state index in [9.17, 15) is 0 Å². The Morgan fingerprint density at radius 2 is 1.39 bits per heavy atom. The SMILES string of the molecule is CCCCCCC(CCC)CN1CC[C@@H](OCCCC(CCC)CCCC)C1. The Labute approximate surface area is 178 Å². The Morgan fingerprint density at radius 1 is 0.714 bits per heavy atom. The van der Waals surface area contributed by atoms with Crippen LogP contribution in [0.5, 0.6) is 0 Å². The Bertz CT molecular complexity index is 332. The molecule has 1 rings (SSSR count). The highest BCUT2D eigenvalue weighted by atomic mass is 16.5. The zero-order valence-corrected chi connectivity index (χ0v) is 20.0. The summed E-state index contributed by atoms with van der Waals surface area (Å²) in [5.41, 5.74) is 0. The van der Waals surface area contributed by atoms with E-state index in [4.69, 9.17) is 4.74 Å². The third-order valence-corrected chi connectivity index (χ3v) is 6.68. The van der Waals surface area contributed by atoms with Gasteiger partial charge in [0.25, 0.3) is 0 Å². The Hall–Kier alpha value is -0.0800. The molecule has 0 aromatic rings. The van der Waals surface area contributed by atoms with E-state index in [1.54, 1.807) is 0 Å². The molecule has 0 spiro atoms. The first kappa shape index (κ1) is 26.0. The summed E-state index contributed by atoms with van der Waals surface area (Å²) in [6, 6.07) is 0. The van der Waals surface area contributed by atoms with E-state index in [2.05, 4.69) is 32.6 Å². The van der Waals surface area contributed by atoms with Crippen molar-refractivity contribution in [2.75, 3.05) is 26.2 Å². The molecule has 0 aromatic heterocycles. The fourth-order valence-electron chi connectivity index (χ4n) is 5.02. The summed E-state index contributed by atoms with van der Waals surface area (Å²) in [6.07, 6.45) is 21.1. The topological polar surface area (TPSA) is 12.5 Å². The molecule has 1 aliphatic rings. The molecule has 0 aromatic carbocycles. The first-order valence-electron chi connectivity index (χ1n) is 13.1. The van der Waals surface area contributed by atoms with E-state index in [-0.39, 0.29) is 0 Å². The highest BCUT2D eigenvalue weighted by Gasteiger charge is 2.24. The highest BCUT2D eigenvalue weighted by molar-refractivity contribution is 4.78. The van der Waals surface area contributed by atoms with Crippen LogP contribution in [0.3, 0.4) is 0 Å². The van der Waals surface area contributed by atoms with Crippen LogP contribution in [-0.2, 0) is 4.74 Å². The number of ether oxygens (including phenoxy) is 1. The van der Waals surface area contributed by atoms with Crippen LogP contribution in [0.2, 0.25) is 0 Å². The van der Waals surface area contributed by atoms with Crippen molar-refractivity contribution in [2.45, 2.75) is 130 Å². The minimum Gasteiger partial charge on any atom is -0.377 e. The maximum atomic E-state index is 6.28. The van der Waals surface area contributed by atoms with Gasteiger partial charge in [0.05, 0.1) is 6.10 Å². The molecule has 1 heterocycles. The number of likely N-dealkylation sites (tertiary alicyclic amines) is 1. The molecule has 1 fully saturated rings. The highest BCUT2D eigenvalue weighted by Crippen LogP contribution is 2.23. The molecule has 0 aliphatic carbocycles. The van der Waals surface area contributed by atoms with Gasteiger partial charge in [-0.05, 0) is 43.9 Å². The Kier molecular flexibility index (Phi) is 16.5. The van der Waals surface area contributed by atoms with E-state index in [0.29, 0.717) is 6.10 Å². The van der Waals surface area contributed by atoms with Crippen molar-refractivity contribution in [2.24, 2.45) is 11.8 Å². The smallest absolute Gasteiger partial charge is 0.0714 e. The number of nitrogens with zero attached hydrogens (tertiary/aromatic N) is 1. The third kappa shape index (κ3) is 12.5. The second kappa shape index (κ2) is 17.8. The number of unbranched alkanes of at least 4 members (excludes halogenated alkanes) is 4. The van der Waals surface area contributed by atoms with E-state index in [1.807, 2.05) is 0 Å². The maximum absolute atomic E-state index is 6.28. The summed E-state index contributed by atoms with van der Waals surface area (Å²) >= 11 is 0. The average molecular weight is 396 g/mol. The summed E-state index contributed by atoms with van der Waals surface area (Å²) in [7, 11) is 0. The molecule has 28 heavy (non-hydrogen) atoms. The predicted octanol–water partition coefficient (Wildman–Crippen LogP) is 7.85. The lowest BCUT2D eigenvalue weighted by atomic mass is 9.93. The lowest BCUT2D eigenvalue weighted by Crippen LogP contribution is -2.29. The summed E-state index contributed by atoms with van der Waals surface area (Å²) < 4.78 is 6.28. The largest absolute Gasteiger partial charge is 0.377 e. The van der Waals surface area contributed by atoms with Crippen molar-refractivity contribution in [3.05, 3.63) is 0 Å². The lowest BCUT2D eigenvalue weighted by molar-refractivity contribution is 0.0527. The minimum atomic E-state index is 0.502. The number of hydrogen-bond donors (Lipinski definition) is 0. The molecule has 0 bridgehead atoms. The summed E-state index contributed by atoms with van der Waals surface area (Å²) in [4.78, 5) is 2.70. The van der Waals surface area contributed by atoms with E-state index < -0.39 is 0 Å². The van der Waals surface area contributed by atoms with Crippen LogP contribution >= 0.6 is 0 Å². The molecule has 2 heteroatoms. The lowest BCUT2D eigenvalue weighted by Gasteiger charge is -2.24. The summed E-state index contributed by atoms with van der Waals surface area (Å²) in [5, 5.41) is 0. The fraction of sp³-hybridized carbons (Fsp3) is 1.00. The van der Waals surface area contributed by atoms with Gasteiger partial charge in [-0.2, -0.15) is 0 Å². The molecule has 168 valence electrons. The molecule has 2 unspecified atom stereocenters. The van der Waals surface area contributed by atoms with Crippen molar-refractivity contribution in [1.29, 1.82) is 0 Å². The van der Waals surface area contributed by atoms with Crippen LogP contribution in [0.25, 0.3) is 0 Å². The molecule has 1 saturated heterocycles. The number of hydrogen-bond acceptors (Lipinski definition) is 2. The Balaban J connectivity index is 2.18. The zero-order valence-electron chi connectivity index (χ0n) is 20.0. The fourth-order valence-corrected chi connectivity index (χ4v) is 5.02. The molecule has 0 saturated carbocycles. The van der Waals surface area contributed by atoms with Gasteiger partial charge in [-0.25, -0.2) is 0 Å². The van der Waals surface area contributed by atoms with Crippen LogP contribution in [0, 0.1) is 11.8 Å². The molecule has 0 N–H and O–H groups in total. The molecule has 0 amide bonds. The average Bonchev–Trinajstić information content (AvgIpc) is 3.14. The van der Waals surface area contributed by atoms with Gasteiger partial charge in [0.2, 0.25) is 0 Å². The van der Waals surface area contributed by atoms with Crippen LogP contribution in [-0.4, -0.2) is 37.2 Å². The van der Waals surface area contributed by atoms with Crippen molar-refractivity contribution in [3.63, 3.8) is 0 Å². The van der Waals surface area contributed by atoms with Crippen molar-refractivity contribution < 1.29 is 4.74 Å². The minimum absolute atomic E-state index is 0.502. The second-order valence-corrected chi connectivity index (χ2v) is 9.48. The predicted molar refractivity (Wildman–Crippen MR) is 125 cm³/mol. The quantitative estimate of drug-likeness (QED) is 0.206. The standard InChI is InChI=1S/C26H53NO/c1-5-9-11-12-17-25(15-8-4)22-27-20-19-26(23-27)28-21-13-18-24(14-7-3)16-10-6-2/h24-26H,5-23H2,1-4H3/t24?,25?,26-/m1/s1. The van der Waals surface area contributed by atoms with E-state index in [0.717, 1.165) is 18.4 Å². The summed E-state index contributed by atoms with van der Waals surface area (Å²) in [5.74, 6) is 1.85. The normalized spacial score (nSPS) is 19.9. The van der Waals surface area contributed by atoms with Gasteiger partial charge >= 0.3 is 0 Å². The van der Waals surface area contributed by atoms with Gasteiger partial charge in [0.1, 0.15) is 0 Å². The first-order chi connectivity index (χ1) is 13.7. The summed E-state index contributed by atoms with van der Waals surface area (Å²) in [6.45, 7) is 14.0. The van der Waals surface area contributed by atoms with Crippen LogP contribution in [0.15, 0.2) is 0 Å². The van der Waals surface area contributed by atoms with E-state index in [1.165, 1.54) is 116 Å². The molecule has 1 aliphatic heterocycles. The molecule has 0 radical (unpaired) electrons. The van der Waals surface area contributed by atoms with Crippen molar-refractivity contribution in [1.82, 2.24) is 4.90 Å². The molecular weight excluding hydrogens is 342 g/mol. The molecule has 2 nitrogen and oxygen atoms in total. The first-order valence-corrected chi connectivity index (χ1v) is 13.1. The van der Waals surface area contributed by atoms with Crippen molar-refractivity contribution in [3.8, 4) is 0 Å². The third-order valence-electron chi connectivity index (χ3n) is 6.68. The molecule has 3 atom stereocenters. The zero-order chi connectivity index (χ0) is 20.5. The van der Waals surface area contributed by atoms with Crippen LogP contribution < -0.4 is 0 Å². The van der Waals surface area contributed by atoms with Gasteiger partial charge in [-0.1, -0.05) is 91.9 Å². The van der Waals surface area contributed by atoms with Gasteiger partial charge in [0, 0.05) is 26.2 Å². The van der Waals surface area contributed by atoms with Crippen LogP contribution in [0.4, 0.5) is 0 Å². The molecular formula is C26H53NO. The monoisotopic (exact) mass is 395 g/mol. The van der Waals surface area contributed by atoms with Gasteiger partial charge in [-0.15, -0.1) is 0 Å². The second-order valence-electron chi connectivity index (χ2n) is 9.48. The van der Waals surface area contributed by atoms with E-state index >= 15 is 0 Å². The van der Waals surface area contributed by atoms with Gasteiger partial charge in [-0.3, -0.25) is 0 Å². The van der Waals surface area contributed by atoms with Gasteiger partial charge < -0.3 is 9.64 Å².